The number of unbranched alkanes of at least 4 members (excludes halogenated alkanes) is 1. The van der Waals surface area contributed by atoms with Crippen molar-refractivity contribution in [1.29, 1.82) is 0 Å². The molecule has 2 fully saturated rings. The number of carbonyl (C=O) groups is 1. The van der Waals surface area contributed by atoms with E-state index in [9.17, 15) is 9.90 Å². The highest BCUT2D eigenvalue weighted by atomic mass is 32.2. The van der Waals surface area contributed by atoms with Crippen molar-refractivity contribution in [2.24, 2.45) is 11.8 Å². The first kappa shape index (κ1) is 21.2. The molecule has 28 heavy (non-hydrogen) atoms. The van der Waals surface area contributed by atoms with E-state index in [1.165, 1.54) is 18.4 Å². The Balaban J connectivity index is 1.54. The van der Waals surface area contributed by atoms with Gasteiger partial charge in [0.05, 0.1) is 6.10 Å². The molecule has 2 heterocycles. The molecule has 2 bridgehead atoms. The largest absolute Gasteiger partial charge is 0.481 e. The molecule has 0 aromatic heterocycles. The summed E-state index contributed by atoms with van der Waals surface area (Å²) in [5.41, 5.74) is 1.17. The quantitative estimate of drug-likeness (QED) is 0.407. The molecular weight excluding hydrogens is 368 g/mol. The molecule has 0 aliphatic carbocycles. The first-order chi connectivity index (χ1) is 13.6. The number of aliphatic hydroxyl groups excluding tert-OH is 1. The van der Waals surface area contributed by atoms with Crippen LogP contribution in [0.1, 0.15) is 56.9 Å². The predicted octanol–water partition coefficient (Wildman–Crippen LogP) is 5.42. The Bertz CT molecular complexity index is 684. The fourth-order valence-corrected chi connectivity index (χ4v) is 6.45. The van der Waals surface area contributed by atoms with E-state index in [0.717, 1.165) is 18.1 Å². The van der Waals surface area contributed by atoms with Gasteiger partial charge in [0.1, 0.15) is 0 Å². The molecule has 1 aromatic rings. The number of aliphatic hydroxyl groups is 1. The summed E-state index contributed by atoms with van der Waals surface area (Å²) < 4.78 is 0. The number of fused-ring (bicyclic) bond motifs is 2. The van der Waals surface area contributed by atoms with E-state index in [1.54, 1.807) is 0 Å². The van der Waals surface area contributed by atoms with Crippen LogP contribution >= 0.6 is 11.8 Å². The molecule has 3 rings (SSSR count). The fraction of sp³-hybridized carbons (Fsp3) is 0.542. The van der Waals surface area contributed by atoms with Crippen LogP contribution < -0.4 is 0 Å². The van der Waals surface area contributed by atoms with Gasteiger partial charge in [-0.1, -0.05) is 61.6 Å². The van der Waals surface area contributed by atoms with Crippen molar-refractivity contribution in [2.75, 3.05) is 0 Å². The zero-order chi connectivity index (χ0) is 19.9. The number of rotatable bonds is 10. The van der Waals surface area contributed by atoms with Gasteiger partial charge in [-0.05, 0) is 49.5 Å². The molecule has 0 amide bonds. The Morgan fingerprint density at radius 1 is 1.21 bits per heavy atom. The summed E-state index contributed by atoms with van der Waals surface area (Å²) in [5, 5.41) is 20.8. The van der Waals surface area contributed by atoms with Crippen molar-refractivity contribution in [3.8, 4) is 0 Å². The molecule has 2 saturated heterocycles. The number of hydrogen-bond acceptors (Lipinski definition) is 3. The topological polar surface area (TPSA) is 57.5 Å². The van der Waals surface area contributed by atoms with Gasteiger partial charge in [0.15, 0.2) is 0 Å². The lowest BCUT2D eigenvalue weighted by Crippen LogP contribution is -2.26. The molecule has 0 saturated carbocycles. The highest BCUT2D eigenvalue weighted by Crippen LogP contribution is 2.54. The smallest absolute Gasteiger partial charge is 0.303 e. The van der Waals surface area contributed by atoms with Gasteiger partial charge in [-0.3, -0.25) is 4.79 Å². The molecule has 2 N–H and O–H groups in total. The lowest BCUT2D eigenvalue weighted by atomic mass is 9.77. The first-order valence-corrected chi connectivity index (χ1v) is 11.4. The Morgan fingerprint density at radius 2 is 1.96 bits per heavy atom. The number of carboxylic acid groups (broad SMARTS) is 1. The minimum Gasteiger partial charge on any atom is -0.481 e. The van der Waals surface area contributed by atoms with Gasteiger partial charge in [-0.2, -0.15) is 11.8 Å². The first-order valence-electron chi connectivity index (χ1n) is 10.5. The molecule has 0 spiro atoms. The van der Waals surface area contributed by atoms with Crippen LogP contribution in [0.15, 0.2) is 54.6 Å². The summed E-state index contributed by atoms with van der Waals surface area (Å²) in [6.07, 6.45) is 13.7. The second-order valence-electron chi connectivity index (χ2n) is 8.10. The average molecular weight is 401 g/mol. The summed E-state index contributed by atoms with van der Waals surface area (Å²) in [7, 11) is 0. The summed E-state index contributed by atoms with van der Waals surface area (Å²) >= 11 is 2.13. The predicted molar refractivity (Wildman–Crippen MR) is 117 cm³/mol. The molecule has 6 atom stereocenters. The van der Waals surface area contributed by atoms with Crippen LogP contribution in [0, 0.1) is 11.8 Å². The number of thioether (sulfide) groups is 1. The molecule has 2 aliphatic heterocycles. The van der Waals surface area contributed by atoms with E-state index in [-0.39, 0.29) is 12.3 Å². The van der Waals surface area contributed by atoms with Crippen LogP contribution in [-0.2, 0) is 4.79 Å². The molecular formula is C24H32O3S. The van der Waals surface area contributed by atoms with Crippen LogP contribution in [0.3, 0.4) is 0 Å². The Labute approximate surface area is 172 Å². The lowest BCUT2D eigenvalue weighted by molar-refractivity contribution is -0.137. The van der Waals surface area contributed by atoms with Crippen LogP contribution in [0.2, 0.25) is 0 Å². The van der Waals surface area contributed by atoms with Crippen molar-refractivity contribution < 1.29 is 15.0 Å². The summed E-state index contributed by atoms with van der Waals surface area (Å²) in [6, 6.07) is 10.2. The zero-order valence-electron chi connectivity index (χ0n) is 16.6. The molecule has 3 nitrogen and oxygen atoms in total. The van der Waals surface area contributed by atoms with Gasteiger partial charge in [-0.25, -0.2) is 0 Å². The normalized spacial score (nSPS) is 28.9. The number of aliphatic carboxylic acids is 1. The van der Waals surface area contributed by atoms with Crippen LogP contribution in [-0.4, -0.2) is 32.8 Å². The molecule has 1 aromatic carbocycles. The highest BCUT2D eigenvalue weighted by Gasteiger charge is 2.46. The fourth-order valence-electron chi connectivity index (χ4n) is 4.49. The number of allylic oxidation sites excluding steroid dienone is 3. The molecule has 2 unspecified atom stereocenters. The maximum absolute atomic E-state index is 10.7. The number of benzene rings is 1. The van der Waals surface area contributed by atoms with Crippen LogP contribution in [0.25, 0.3) is 0 Å². The maximum Gasteiger partial charge on any atom is 0.303 e. The number of hydrogen-bond donors (Lipinski definition) is 2. The third-order valence-corrected chi connectivity index (χ3v) is 8.03. The molecule has 2 aliphatic rings. The van der Waals surface area contributed by atoms with E-state index >= 15 is 0 Å². The summed E-state index contributed by atoms with van der Waals surface area (Å²) in [4.78, 5) is 10.6. The summed E-state index contributed by atoms with van der Waals surface area (Å²) in [6.45, 7) is 2.08. The van der Waals surface area contributed by atoms with Gasteiger partial charge in [-0.15, -0.1) is 0 Å². The molecule has 0 radical (unpaired) electrons. The van der Waals surface area contributed by atoms with E-state index in [1.807, 2.05) is 24.3 Å². The van der Waals surface area contributed by atoms with Crippen LogP contribution in [0.5, 0.6) is 0 Å². The Kier molecular flexibility index (Phi) is 7.81. The SMILES string of the molecule is CC(c1ccccc1)C(O)/C=C/[C@@H]1[C@H](C/C=C\CCCC(=O)O)[C@@H]2CC[C@H]1S2. The maximum atomic E-state index is 10.7. The van der Waals surface area contributed by atoms with E-state index in [0.29, 0.717) is 23.5 Å². The van der Waals surface area contributed by atoms with Crippen molar-refractivity contribution in [1.82, 2.24) is 0 Å². The lowest BCUT2D eigenvalue weighted by Gasteiger charge is -2.27. The van der Waals surface area contributed by atoms with Gasteiger partial charge in [0.25, 0.3) is 0 Å². The van der Waals surface area contributed by atoms with E-state index < -0.39 is 12.1 Å². The van der Waals surface area contributed by atoms with Crippen LogP contribution in [0.4, 0.5) is 0 Å². The monoisotopic (exact) mass is 400 g/mol. The Hall–Kier alpha value is -1.52. The van der Waals surface area contributed by atoms with E-state index in [4.69, 9.17) is 5.11 Å². The highest BCUT2D eigenvalue weighted by molar-refractivity contribution is 8.01. The van der Waals surface area contributed by atoms with Gasteiger partial charge in [0, 0.05) is 22.8 Å². The van der Waals surface area contributed by atoms with Gasteiger partial charge in [0.2, 0.25) is 0 Å². The minimum atomic E-state index is -0.716. The molecule has 4 heteroatoms. The van der Waals surface area contributed by atoms with Gasteiger partial charge >= 0.3 is 5.97 Å². The van der Waals surface area contributed by atoms with Crippen molar-refractivity contribution >= 4 is 17.7 Å². The van der Waals surface area contributed by atoms with E-state index in [2.05, 4.69) is 49.0 Å². The molecule has 152 valence electrons. The van der Waals surface area contributed by atoms with Crippen molar-refractivity contribution in [3.05, 3.63) is 60.2 Å². The summed E-state index contributed by atoms with van der Waals surface area (Å²) in [5.74, 6) is 0.544. The van der Waals surface area contributed by atoms with Crippen molar-refractivity contribution in [3.63, 3.8) is 0 Å². The Morgan fingerprint density at radius 3 is 2.71 bits per heavy atom. The third kappa shape index (κ3) is 5.51. The average Bonchev–Trinajstić information content (AvgIpc) is 3.30. The third-order valence-electron chi connectivity index (χ3n) is 6.19. The minimum absolute atomic E-state index is 0.0938. The second kappa shape index (κ2) is 10.3. The zero-order valence-corrected chi connectivity index (χ0v) is 17.4. The number of carboxylic acids is 1. The van der Waals surface area contributed by atoms with Gasteiger partial charge < -0.3 is 10.2 Å². The second-order valence-corrected chi connectivity index (χ2v) is 9.58. The van der Waals surface area contributed by atoms with Crippen molar-refractivity contribution in [2.45, 2.75) is 68.0 Å². The standard InChI is InChI=1S/C24H32O3S/c1-17(18-9-5-4-6-10-18)21(25)14-13-20-19(22-15-16-23(20)28-22)11-7-2-3-8-12-24(26)27/h2,4-7,9-10,13-14,17,19-23,25H,3,8,11-12,15-16H2,1H3,(H,26,27)/b7-2-,14-13+/t17?,19-,20+,21?,22-,23+/m0/s1.